The first-order chi connectivity index (χ1) is 6.15. The summed E-state index contributed by atoms with van der Waals surface area (Å²) >= 11 is 0. The van der Waals surface area contributed by atoms with Crippen molar-refractivity contribution in [1.29, 1.82) is 0 Å². The molecule has 0 radical (unpaired) electrons. The van der Waals surface area contributed by atoms with Gasteiger partial charge in [-0.25, -0.2) is 4.98 Å². The van der Waals surface area contributed by atoms with E-state index in [4.69, 9.17) is 10.2 Å². The lowest BCUT2D eigenvalue weighted by molar-refractivity contribution is 0.210. The van der Waals surface area contributed by atoms with Crippen LogP contribution < -0.4 is 5.73 Å². The maximum atomic E-state index is 5.63. The van der Waals surface area contributed by atoms with E-state index in [1.54, 1.807) is 0 Å². The summed E-state index contributed by atoms with van der Waals surface area (Å²) in [6.45, 7) is 4.62. The summed E-state index contributed by atoms with van der Waals surface area (Å²) in [6, 6.07) is 0. The Hall–Kier alpha value is -0.830. The van der Waals surface area contributed by atoms with Crippen LogP contribution in [0.15, 0.2) is 4.42 Å². The number of oxazole rings is 1. The third-order valence-corrected chi connectivity index (χ3v) is 3.05. The highest BCUT2D eigenvalue weighted by molar-refractivity contribution is 5.15. The quantitative estimate of drug-likeness (QED) is 0.756. The molecule has 0 spiro atoms. The predicted molar refractivity (Wildman–Crippen MR) is 50.3 cm³/mol. The SMILES string of the molecule is Cc1nc(C2(C)CCC2)oc1CN. The van der Waals surface area contributed by atoms with Crippen molar-refractivity contribution in [1.82, 2.24) is 4.98 Å². The summed E-state index contributed by atoms with van der Waals surface area (Å²) in [6.07, 6.45) is 3.67. The number of nitrogens with two attached hydrogens (primary N) is 1. The van der Waals surface area contributed by atoms with Gasteiger partial charge in [-0.2, -0.15) is 0 Å². The smallest absolute Gasteiger partial charge is 0.200 e. The summed E-state index contributed by atoms with van der Waals surface area (Å²) in [7, 11) is 0. The lowest BCUT2D eigenvalue weighted by Gasteiger charge is -2.34. The van der Waals surface area contributed by atoms with E-state index in [0.29, 0.717) is 6.54 Å². The van der Waals surface area contributed by atoms with Gasteiger partial charge in [-0.15, -0.1) is 0 Å². The molecule has 0 atom stereocenters. The second-order valence-electron chi connectivity index (χ2n) is 4.15. The Morgan fingerprint density at radius 3 is 2.62 bits per heavy atom. The zero-order valence-corrected chi connectivity index (χ0v) is 8.26. The fourth-order valence-electron chi connectivity index (χ4n) is 1.80. The number of rotatable bonds is 2. The van der Waals surface area contributed by atoms with Crippen LogP contribution in [-0.4, -0.2) is 4.98 Å². The molecule has 1 aromatic heterocycles. The van der Waals surface area contributed by atoms with Gasteiger partial charge in [-0.1, -0.05) is 13.3 Å². The highest BCUT2D eigenvalue weighted by Crippen LogP contribution is 2.42. The van der Waals surface area contributed by atoms with Crippen LogP contribution in [0.25, 0.3) is 0 Å². The Morgan fingerprint density at radius 1 is 1.54 bits per heavy atom. The van der Waals surface area contributed by atoms with E-state index < -0.39 is 0 Å². The summed E-state index contributed by atoms with van der Waals surface area (Å²) in [5, 5.41) is 0. The lowest BCUT2D eigenvalue weighted by atomic mass is 9.70. The molecule has 0 saturated heterocycles. The van der Waals surface area contributed by atoms with Crippen LogP contribution in [0.3, 0.4) is 0 Å². The van der Waals surface area contributed by atoms with E-state index in [1.165, 1.54) is 19.3 Å². The third-order valence-electron chi connectivity index (χ3n) is 3.05. The molecule has 1 heterocycles. The summed E-state index contributed by atoms with van der Waals surface area (Å²) in [5.41, 5.74) is 6.68. The number of nitrogens with zero attached hydrogens (tertiary/aromatic N) is 1. The van der Waals surface area contributed by atoms with Crippen molar-refractivity contribution in [2.75, 3.05) is 0 Å². The molecular weight excluding hydrogens is 164 g/mol. The molecule has 1 aliphatic carbocycles. The fraction of sp³-hybridized carbons (Fsp3) is 0.700. The van der Waals surface area contributed by atoms with Gasteiger partial charge in [0.2, 0.25) is 5.89 Å². The molecule has 1 aliphatic rings. The topological polar surface area (TPSA) is 52.0 Å². The molecule has 0 aromatic carbocycles. The summed E-state index contributed by atoms with van der Waals surface area (Å²) in [5.74, 6) is 1.72. The zero-order valence-electron chi connectivity index (χ0n) is 8.26. The van der Waals surface area contributed by atoms with Crippen molar-refractivity contribution in [2.45, 2.75) is 45.1 Å². The first-order valence-corrected chi connectivity index (χ1v) is 4.82. The average Bonchev–Trinajstić information content (AvgIpc) is 2.43. The minimum Gasteiger partial charge on any atom is -0.443 e. The van der Waals surface area contributed by atoms with Crippen LogP contribution in [0.2, 0.25) is 0 Å². The van der Waals surface area contributed by atoms with Crippen LogP contribution in [0.5, 0.6) is 0 Å². The molecule has 0 amide bonds. The minimum absolute atomic E-state index is 0.193. The van der Waals surface area contributed by atoms with Crippen molar-refractivity contribution in [3.05, 3.63) is 17.3 Å². The standard InChI is InChI=1S/C10H16N2O/c1-7-8(6-11)13-9(12-7)10(2)4-3-5-10/h3-6,11H2,1-2H3. The molecule has 0 aliphatic heterocycles. The van der Waals surface area contributed by atoms with E-state index in [9.17, 15) is 0 Å². The van der Waals surface area contributed by atoms with E-state index in [0.717, 1.165) is 17.3 Å². The summed E-state index contributed by atoms with van der Waals surface area (Å²) < 4.78 is 5.63. The van der Waals surface area contributed by atoms with Crippen LogP contribution in [0.1, 0.15) is 43.5 Å². The van der Waals surface area contributed by atoms with Crippen molar-refractivity contribution in [3.63, 3.8) is 0 Å². The molecule has 0 bridgehead atoms. The van der Waals surface area contributed by atoms with Gasteiger partial charge in [-0.05, 0) is 19.8 Å². The Morgan fingerprint density at radius 2 is 2.23 bits per heavy atom. The first kappa shape index (κ1) is 8.75. The first-order valence-electron chi connectivity index (χ1n) is 4.82. The van der Waals surface area contributed by atoms with Crippen LogP contribution in [0, 0.1) is 6.92 Å². The third kappa shape index (κ3) is 1.27. The molecule has 1 saturated carbocycles. The van der Waals surface area contributed by atoms with Gasteiger partial charge in [0.1, 0.15) is 5.76 Å². The molecule has 1 aromatic rings. The maximum absolute atomic E-state index is 5.63. The second kappa shape index (κ2) is 2.84. The van der Waals surface area contributed by atoms with Gasteiger partial charge in [0.15, 0.2) is 0 Å². The molecule has 3 heteroatoms. The molecule has 3 nitrogen and oxygen atoms in total. The van der Waals surface area contributed by atoms with Gasteiger partial charge >= 0.3 is 0 Å². The van der Waals surface area contributed by atoms with Gasteiger partial charge in [0, 0.05) is 5.41 Å². The van der Waals surface area contributed by atoms with Crippen molar-refractivity contribution in [2.24, 2.45) is 5.73 Å². The Balaban J connectivity index is 2.30. The Kier molecular flexibility index (Phi) is 1.91. The van der Waals surface area contributed by atoms with Gasteiger partial charge in [0.05, 0.1) is 12.2 Å². The fourth-order valence-corrected chi connectivity index (χ4v) is 1.80. The molecular formula is C10H16N2O. The van der Waals surface area contributed by atoms with Crippen LogP contribution in [0.4, 0.5) is 0 Å². The molecule has 0 unspecified atom stereocenters. The zero-order chi connectivity index (χ0) is 9.47. The Bertz CT molecular complexity index is 313. The highest BCUT2D eigenvalue weighted by atomic mass is 16.4. The molecule has 2 N–H and O–H groups in total. The largest absolute Gasteiger partial charge is 0.443 e. The van der Waals surface area contributed by atoms with Crippen molar-refractivity contribution < 1.29 is 4.42 Å². The number of hydrogen-bond acceptors (Lipinski definition) is 3. The van der Waals surface area contributed by atoms with E-state index in [2.05, 4.69) is 11.9 Å². The van der Waals surface area contributed by atoms with Gasteiger partial charge in [-0.3, -0.25) is 0 Å². The van der Waals surface area contributed by atoms with E-state index >= 15 is 0 Å². The number of hydrogen-bond donors (Lipinski definition) is 1. The monoisotopic (exact) mass is 180 g/mol. The predicted octanol–water partition coefficient (Wildman–Crippen LogP) is 1.88. The van der Waals surface area contributed by atoms with Crippen LogP contribution in [-0.2, 0) is 12.0 Å². The van der Waals surface area contributed by atoms with Crippen molar-refractivity contribution in [3.8, 4) is 0 Å². The normalized spacial score (nSPS) is 19.9. The van der Waals surface area contributed by atoms with Gasteiger partial charge < -0.3 is 10.2 Å². The second-order valence-corrected chi connectivity index (χ2v) is 4.15. The van der Waals surface area contributed by atoms with Gasteiger partial charge in [0.25, 0.3) is 0 Å². The van der Waals surface area contributed by atoms with E-state index in [-0.39, 0.29) is 5.41 Å². The van der Waals surface area contributed by atoms with Crippen LogP contribution >= 0.6 is 0 Å². The average molecular weight is 180 g/mol. The maximum Gasteiger partial charge on any atom is 0.200 e. The number of aryl methyl sites for hydroxylation is 1. The molecule has 2 rings (SSSR count). The molecule has 13 heavy (non-hydrogen) atoms. The molecule has 1 fully saturated rings. The number of aromatic nitrogens is 1. The van der Waals surface area contributed by atoms with E-state index in [1.807, 2.05) is 6.92 Å². The molecule has 72 valence electrons. The Labute approximate surface area is 78.3 Å². The summed E-state index contributed by atoms with van der Waals surface area (Å²) in [4.78, 5) is 4.43. The lowest BCUT2D eigenvalue weighted by Crippen LogP contribution is -2.30. The van der Waals surface area contributed by atoms with Crippen molar-refractivity contribution >= 4 is 0 Å². The minimum atomic E-state index is 0.193. The highest BCUT2D eigenvalue weighted by Gasteiger charge is 2.38.